The van der Waals surface area contributed by atoms with Gasteiger partial charge in [0, 0.05) is 0 Å². The second kappa shape index (κ2) is 13.1. The Morgan fingerprint density at radius 2 is 1.83 bits per heavy atom. The third-order valence-corrected chi connectivity index (χ3v) is 8.01. The third-order valence-electron chi connectivity index (χ3n) is 6.22. The van der Waals surface area contributed by atoms with E-state index in [1.54, 1.807) is 50.8 Å². The number of esters is 1. The molecule has 9 nitrogen and oxygen atoms in total. The number of hydrogen-bond acceptors (Lipinski definition) is 9. The van der Waals surface area contributed by atoms with Crippen molar-refractivity contribution >= 4 is 46.0 Å². The van der Waals surface area contributed by atoms with E-state index >= 15 is 0 Å². The van der Waals surface area contributed by atoms with Crippen molar-refractivity contribution in [2.24, 2.45) is 4.99 Å². The van der Waals surface area contributed by atoms with Crippen LogP contribution in [0.5, 0.6) is 23.0 Å². The zero-order valence-corrected chi connectivity index (χ0v) is 27.0. The summed E-state index contributed by atoms with van der Waals surface area (Å²) < 4.78 is 31.1. The summed E-state index contributed by atoms with van der Waals surface area (Å²) in [4.78, 5) is 32.4. The molecule has 1 aliphatic rings. The standard InChI is InChI=1S/C30H33IN2O7S/c1-8-38-27-20(31)12-18(13-23(27)37-7)14-24-28(34)33-26(19-10-11-21(40-16(3)4)22(15-19)36-6)25(29(35)39-9-2)17(5)32-30(33)41-24/h10-16,26H,8-9H2,1-7H3/b24-14+/t26-/m0/s1. The Balaban J connectivity index is 1.93. The monoisotopic (exact) mass is 692 g/mol. The van der Waals surface area contributed by atoms with E-state index in [0.717, 1.165) is 9.13 Å². The van der Waals surface area contributed by atoms with Crippen LogP contribution in [0.25, 0.3) is 6.08 Å². The van der Waals surface area contributed by atoms with Crippen LogP contribution in [-0.2, 0) is 9.53 Å². The summed E-state index contributed by atoms with van der Waals surface area (Å²) >= 11 is 3.44. The van der Waals surface area contributed by atoms with E-state index in [4.69, 9.17) is 23.7 Å². The summed E-state index contributed by atoms with van der Waals surface area (Å²) in [6.45, 7) is 9.95. The molecule has 0 N–H and O–H groups in total. The number of carbonyl (C=O) groups is 1. The van der Waals surface area contributed by atoms with E-state index in [9.17, 15) is 9.59 Å². The van der Waals surface area contributed by atoms with Crippen LogP contribution >= 0.6 is 33.9 Å². The molecule has 218 valence electrons. The molecule has 1 atom stereocenters. The van der Waals surface area contributed by atoms with Gasteiger partial charge in [-0.2, -0.15) is 0 Å². The number of allylic oxidation sites excluding steroid dienone is 1. The number of nitrogens with zero attached hydrogens (tertiary/aromatic N) is 2. The van der Waals surface area contributed by atoms with Crippen LogP contribution in [0.1, 0.15) is 51.8 Å². The highest BCUT2D eigenvalue weighted by atomic mass is 127. The molecule has 0 fully saturated rings. The van der Waals surface area contributed by atoms with Gasteiger partial charge in [0.15, 0.2) is 27.8 Å². The maximum absolute atomic E-state index is 14.0. The number of halogens is 1. The highest BCUT2D eigenvalue weighted by molar-refractivity contribution is 14.1. The first-order valence-corrected chi connectivity index (χ1v) is 15.1. The maximum atomic E-state index is 14.0. The van der Waals surface area contributed by atoms with Gasteiger partial charge in [-0.1, -0.05) is 17.4 Å². The smallest absolute Gasteiger partial charge is 0.338 e. The second-order valence-electron chi connectivity index (χ2n) is 9.35. The minimum atomic E-state index is -0.774. The summed E-state index contributed by atoms with van der Waals surface area (Å²) in [5, 5.41) is 0. The molecular weight excluding hydrogens is 659 g/mol. The first-order valence-electron chi connectivity index (χ1n) is 13.2. The first-order chi connectivity index (χ1) is 19.6. The van der Waals surface area contributed by atoms with Gasteiger partial charge < -0.3 is 23.7 Å². The normalized spacial score (nSPS) is 15.0. The molecule has 2 aromatic carbocycles. The molecule has 0 saturated carbocycles. The summed E-state index contributed by atoms with van der Waals surface area (Å²) in [5.41, 5.74) is 1.94. The van der Waals surface area contributed by atoms with Crippen LogP contribution in [0.2, 0.25) is 0 Å². The number of thiazole rings is 1. The van der Waals surface area contributed by atoms with Crippen molar-refractivity contribution in [2.75, 3.05) is 27.4 Å². The van der Waals surface area contributed by atoms with Crippen molar-refractivity contribution in [1.29, 1.82) is 0 Å². The zero-order valence-electron chi connectivity index (χ0n) is 24.1. The van der Waals surface area contributed by atoms with Gasteiger partial charge in [-0.05, 0) is 98.7 Å². The van der Waals surface area contributed by atoms with Crippen LogP contribution < -0.4 is 33.8 Å². The van der Waals surface area contributed by atoms with Crippen molar-refractivity contribution in [1.82, 2.24) is 4.57 Å². The van der Waals surface area contributed by atoms with Crippen molar-refractivity contribution in [3.05, 3.63) is 76.0 Å². The SMILES string of the molecule is CCOC(=O)C1=C(C)N=c2s/c(=C/c3cc(I)c(OCC)c(OC)c3)c(=O)n2[C@H]1c1ccc(OC(C)C)c(OC)c1. The fourth-order valence-electron chi connectivity index (χ4n) is 4.57. The minimum absolute atomic E-state index is 0.0612. The lowest BCUT2D eigenvalue weighted by atomic mass is 9.95. The molecule has 2 heterocycles. The maximum Gasteiger partial charge on any atom is 0.338 e. The van der Waals surface area contributed by atoms with E-state index in [1.807, 2.05) is 39.0 Å². The number of aromatic nitrogens is 1. The van der Waals surface area contributed by atoms with Gasteiger partial charge in [-0.3, -0.25) is 9.36 Å². The molecule has 1 aromatic heterocycles. The predicted octanol–water partition coefficient (Wildman–Crippen LogP) is 4.61. The minimum Gasteiger partial charge on any atom is -0.493 e. The average molecular weight is 693 g/mol. The Labute approximate surface area is 256 Å². The first kappa shape index (κ1) is 30.6. The van der Waals surface area contributed by atoms with Gasteiger partial charge in [0.25, 0.3) is 5.56 Å². The van der Waals surface area contributed by atoms with E-state index in [0.29, 0.717) is 55.8 Å². The fourth-order valence-corrected chi connectivity index (χ4v) is 6.40. The average Bonchev–Trinajstić information content (AvgIpc) is 3.23. The molecule has 0 radical (unpaired) electrons. The lowest BCUT2D eigenvalue weighted by Gasteiger charge is -2.25. The number of hydrogen-bond donors (Lipinski definition) is 0. The van der Waals surface area contributed by atoms with E-state index < -0.39 is 12.0 Å². The van der Waals surface area contributed by atoms with E-state index in [2.05, 4.69) is 27.6 Å². The number of methoxy groups -OCH3 is 2. The Kier molecular flexibility index (Phi) is 9.80. The van der Waals surface area contributed by atoms with Crippen molar-refractivity contribution in [2.45, 2.75) is 46.8 Å². The third kappa shape index (κ3) is 6.30. The van der Waals surface area contributed by atoms with E-state index in [-0.39, 0.29) is 18.3 Å². The van der Waals surface area contributed by atoms with Gasteiger partial charge in [0.05, 0.1) is 59.0 Å². The van der Waals surface area contributed by atoms with Crippen LogP contribution in [0, 0.1) is 3.57 Å². The summed E-state index contributed by atoms with van der Waals surface area (Å²) in [7, 11) is 3.13. The molecule has 4 rings (SSSR count). The summed E-state index contributed by atoms with van der Waals surface area (Å²) in [5.74, 6) is 1.76. The van der Waals surface area contributed by atoms with Gasteiger partial charge in [0.1, 0.15) is 0 Å². The van der Waals surface area contributed by atoms with Gasteiger partial charge in [-0.25, -0.2) is 9.79 Å². The van der Waals surface area contributed by atoms with Crippen LogP contribution in [0.15, 0.2) is 51.4 Å². The van der Waals surface area contributed by atoms with Gasteiger partial charge >= 0.3 is 5.97 Å². The van der Waals surface area contributed by atoms with E-state index in [1.165, 1.54) is 11.3 Å². The van der Waals surface area contributed by atoms with Gasteiger partial charge in [-0.15, -0.1) is 0 Å². The summed E-state index contributed by atoms with van der Waals surface area (Å²) in [6, 6.07) is 8.39. The Morgan fingerprint density at radius 1 is 1.10 bits per heavy atom. The molecular formula is C30H33IN2O7S. The Hall–Kier alpha value is -3.32. The lowest BCUT2D eigenvalue weighted by Crippen LogP contribution is -2.40. The number of carbonyl (C=O) groups excluding carboxylic acids is 1. The number of fused-ring (bicyclic) bond motifs is 1. The number of ether oxygens (including phenoxy) is 5. The second-order valence-corrected chi connectivity index (χ2v) is 11.5. The van der Waals surface area contributed by atoms with Crippen LogP contribution in [0.4, 0.5) is 0 Å². The molecule has 0 aliphatic carbocycles. The van der Waals surface area contributed by atoms with Crippen LogP contribution in [-0.4, -0.2) is 44.1 Å². The highest BCUT2D eigenvalue weighted by Crippen LogP contribution is 2.37. The Bertz CT molecular complexity index is 1670. The molecule has 11 heteroatoms. The summed E-state index contributed by atoms with van der Waals surface area (Å²) in [6.07, 6.45) is 1.74. The molecule has 0 saturated heterocycles. The van der Waals surface area contributed by atoms with Crippen LogP contribution in [0.3, 0.4) is 0 Å². The molecule has 3 aromatic rings. The largest absolute Gasteiger partial charge is 0.493 e. The Morgan fingerprint density at radius 3 is 2.46 bits per heavy atom. The van der Waals surface area contributed by atoms with Crippen molar-refractivity contribution < 1.29 is 28.5 Å². The quantitative estimate of drug-likeness (QED) is 0.226. The predicted molar refractivity (Wildman–Crippen MR) is 166 cm³/mol. The number of benzene rings is 2. The molecule has 1 aliphatic heterocycles. The topological polar surface area (TPSA) is 97.6 Å². The zero-order chi connectivity index (χ0) is 29.8. The molecule has 0 unspecified atom stereocenters. The lowest BCUT2D eigenvalue weighted by molar-refractivity contribution is -0.139. The molecule has 0 bridgehead atoms. The number of rotatable bonds is 10. The molecule has 0 spiro atoms. The fraction of sp³-hybridized carbons (Fsp3) is 0.367. The highest BCUT2D eigenvalue weighted by Gasteiger charge is 2.34. The van der Waals surface area contributed by atoms with Crippen molar-refractivity contribution in [3.8, 4) is 23.0 Å². The molecule has 0 amide bonds. The van der Waals surface area contributed by atoms with Gasteiger partial charge in [0.2, 0.25) is 0 Å². The van der Waals surface area contributed by atoms with Crippen molar-refractivity contribution in [3.63, 3.8) is 0 Å². The molecule has 41 heavy (non-hydrogen) atoms.